The zero-order chi connectivity index (χ0) is 15.9. The second-order valence-corrected chi connectivity index (χ2v) is 6.74. The third-order valence-corrected chi connectivity index (χ3v) is 4.51. The van der Waals surface area contributed by atoms with Crippen molar-refractivity contribution in [3.63, 3.8) is 0 Å². The van der Waals surface area contributed by atoms with Gasteiger partial charge in [-0.05, 0) is 38.3 Å². The van der Waals surface area contributed by atoms with Crippen molar-refractivity contribution in [3.05, 3.63) is 41.2 Å². The summed E-state index contributed by atoms with van der Waals surface area (Å²) in [4.78, 5) is 4.83. The Labute approximate surface area is 153 Å². The number of rotatable bonds is 8. The van der Waals surface area contributed by atoms with Crippen LogP contribution in [-0.2, 0) is 0 Å². The molecule has 0 amide bonds. The third kappa shape index (κ3) is 5.87. The third-order valence-electron chi connectivity index (χ3n) is 4.51. The van der Waals surface area contributed by atoms with E-state index in [1.54, 1.807) is 0 Å². The molecule has 0 aliphatic carbocycles. The van der Waals surface area contributed by atoms with Crippen LogP contribution in [-0.4, -0.2) is 18.1 Å². The molecule has 0 saturated carbocycles. The Balaban J connectivity index is 0.00000264. The van der Waals surface area contributed by atoms with E-state index in [0.717, 1.165) is 6.67 Å². The standard InChI is InChI=1S/C20H32N2.BrH/c1-5-6-7-8-9-10-11-21-12-13-22(16-21)20-18(3)14-17(2)15-19(20)4;/h12-15H,5-11,16H2,1-4H3;1H. The fraction of sp³-hybridized carbons (Fsp3) is 0.600. The first kappa shape index (κ1) is 20.1. The zero-order valence-electron chi connectivity index (χ0n) is 15.3. The topological polar surface area (TPSA) is 6.48 Å². The van der Waals surface area contributed by atoms with E-state index in [2.05, 4.69) is 62.0 Å². The molecule has 0 unspecified atom stereocenters. The lowest BCUT2D eigenvalue weighted by molar-refractivity contribution is 0.388. The molecule has 0 N–H and O–H groups in total. The summed E-state index contributed by atoms with van der Waals surface area (Å²) in [5, 5.41) is 0. The quantitative estimate of drug-likeness (QED) is 0.502. The van der Waals surface area contributed by atoms with Gasteiger partial charge in [0.1, 0.15) is 0 Å². The van der Waals surface area contributed by atoms with Crippen molar-refractivity contribution in [2.45, 2.75) is 66.2 Å². The zero-order valence-corrected chi connectivity index (χ0v) is 17.0. The molecule has 23 heavy (non-hydrogen) atoms. The molecule has 3 heteroatoms. The summed E-state index contributed by atoms with van der Waals surface area (Å²) < 4.78 is 0. The number of nitrogens with zero attached hydrogens (tertiary/aromatic N) is 2. The average molecular weight is 381 g/mol. The lowest BCUT2D eigenvalue weighted by atomic mass is 10.0. The molecular weight excluding hydrogens is 348 g/mol. The van der Waals surface area contributed by atoms with Crippen molar-refractivity contribution in [2.75, 3.05) is 18.1 Å². The van der Waals surface area contributed by atoms with Crippen LogP contribution >= 0.6 is 17.0 Å². The van der Waals surface area contributed by atoms with Gasteiger partial charge in [0.15, 0.2) is 0 Å². The first-order valence-corrected chi connectivity index (χ1v) is 8.88. The number of aryl methyl sites for hydroxylation is 3. The van der Waals surface area contributed by atoms with E-state index in [4.69, 9.17) is 0 Å². The number of anilines is 1. The van der Waals surface area contributed by atoms with Crippen LogP contribution in [0, 0.1) is 20.8 Å². The first-order valence-electron chi connectivity index (χ1n) is 8.88. The first-order chi connectivity index (χ1) is 10.6. The van der Waals surface area contributed by atoms with Gasteiger partial charge in [-0.15, -0.1) is 17.0 Å². The number of hydrogen-bond acceptors (Lipinski definition) is 2. The minimum Gasteiger partial charge on any atom is -0.358 e. The molecule has 1 aliphatic rings. The van der Waals surface area contributed by atoms with Gasteiger partial charge in [-0.25, -0.2) is 0 Å². The maximum atomic E-state index is 2.44. The van der Waals surface area contributed by atoms with Crippen LogP contribution in [0.4, 0.5) is 5.69 Å². The van der Waals surface area contributed by atoms with Gasteiger partial charge >= 0.3 is 0 Å². The van der Waals surface area contributed by atoms with E-state index < -0.39 is 0 Å². The minimum absolute atomic E-state index is 0. The summed E-state index contributed by atoms with van der Waals surface area (Å²) in [6, 6.07) is 4.57. The van der Waals surface area contributed by atoms with Crippen molar-refractivity contribution in [1.82, 2.24) is 4.90 Å². The number of halogens is 1. The Hall–Kier alpha value is -0.960. The predicted molar refractivity (Wildman–Crippen MR) is 108 cm³/mol. The monoisotopic (exact) mass is 380 g/mol. The van der Waals surface area contributed by atoms with Crippen LogP contribution in [0.1, 0.15) is 62.1 Å². The Bertz CT molecular complexity index is 487. The van der Waals surface area contributed by atoms with Crippen molar-refractivity contribution in [2.24, 2.45) is 0 Å². The molecule has 2 rings (SSSR count). The fourth-order valence-electron chi connectivity index (χ4n) is 3.48. The van der Waals surface area contributed by atoms with Gasteiger partial charge in [0.05, 0.1) is 6.67 Å². The number of hydrogen-bond donors (Lipinski definition) is 0. The summed E-state index contributed by atoms with van der Waals surface area (Å²) in [5.41, 5.74) is 5.49. The molecule has 1 aromatic carbocycles. The molecule has 2 nitrogen and oxygen atoms in total. The molecule has 1 heterocycles. The maximum absolute atomic E-state index is 2.44. The van der Waals surface area contributed by atoms with Crippen LogP contribution in [0.15, 0.2) is 24.5 Å². The largest absolute Gasteiger partial charge is 0.358 e. The molecule has 130 valence electrons. The maximum Gasteiger partial charge on any atom is 0.0942 e. The Morgan fingerprint density at radius 1 is 0.870 bits per heavy atom. The van der Waals surface area contributed by atoms with E-state index in [1.807, 2.05) is 0 Å². The lowest BCUT2D eigenvalue weighted by Crippen LogP contribution is -2.26. The highest BCUT2D eigenvalue weighted by molar-refractivity contribution is 8.93. The van der Waals surface area contributed by atoms with E-state index in [9.17, 15) is 0 Å². The van der Waals surface area contributed by atoms with Crippen LogP contribution in [0.3, 0.4) is 0 Å². The molecule has 0 aromatic heterocycles. The van der Waals surface area contributed by atoms with Gasteiger partial charge in [0, 0.05) is 24.6 Å². The van der Waals surface area contributed by atoms with Crippen molar-refractivity contribution in [3.8, 4) is 0 Å². The molecule has 0 saturated heterocycles. The smallest absolute Gasteiger partial charge is 0.0942 e. The summed E-state index contributed by atoms with van der Waals surface area (Å²) in [7, 11) is 0. The molecule has 0 radical (unpaired) electrons. The summed E-state index contributed by atoms with van der Waals surface area (Å²) >= 11 is 0. The molecule has 0 fully saturated rings. The van der Waals surface area contributed by atoms with Gasteiger partial charge in [-0.1, -0.05) is 56.7 Å². The highest BCUT2D eigenvalue weighted by Gasteiger charge is 2.17. The van der Waals surface area contributed by atoms with Gasteiger partial charge < -0.3 is 9.80 Å². The molecule has 1 aliphatic heterocycles. The lowest BCUT2D eigenvalue weighted by Gasteiger charge is -2.24. The second kappa shape index (κ2) is 10.0. The number of unbranched alkanes of at least 4 members (excludes halogenated alkanes) is 5. The van der Waals surface area contributed by atoms with Crippen molar-refractivity contribution < 1.29 is 0 Å². The highest BCUT2D eigenvalue weighted by Crippen LogP contribution is 2.28. The molecular formula is C20H33BrN2. The summed E-state index contributed by atoms with van der Waals surface area (Å²) in [6.45, 7) is 11.1. The number of benzene rings is 1. The predicted octanol–water partition coefficient (Wildman–Crippen LogP) is 6.10. The van der Waals surface area contributed by atoms with E-state index in [0.29, 0.717) is 0 Å². The van der Waals surface area contributed by atoms with Crippen LogP contribution < -0.4 is 4.90 Å². The summed E-state index contributed by atoms with van der Waals surface area (Å²) in [5.74, 6) is 0. The molecule has 1 aromatic rings. The minimum atomic E-state index is 0. The van der Waals surface area contributed by atoms with Gasteiger partial charge in [-0.3, -0.25) is 0 Å². The molecule has 0 atom stereocenters. The van der Waals surface area contributed by atoms with E-state index in [1.165, 1.54) is 67.4 Å². The van der Waals surface area contributed by atoms with Gasteiger partial charge in [0.2, 0.25) is 0 Å². The summed E-state index contributed by atoms with van der Waals surface area (Å²) in [6.07, 6.45) is 12.7. The molecule has 0 spiro atoms. The fourth-order valence-corrected chi connectivity index (χ4v) is 3.48. The highest BCUT2D eigenvalue weighted by atomic mass is 79.9. The van der Waals surface area contributed by atoms with Crippen molar-refractivity contribution >= 4 is 22.7 Å². The van der Waals surface area contributed by atoms with Crippen molar-refractivity contribution in [1.29, 1.82) is 0 Å². The van der Waals surface area contributed by atoms with Crippen LogP contribution in [0.25, 0.3) is 0 Å². The van der Waals surface area contributed by atoms with E-state index in [-0.39, 0.29) is 17.0 Å². The Morgan fingerprint density at radius 3 is 2.13 bits per heavy atom. The normalized spacial score (nSPS) is 13.6. The van der Waals surface area contributed by atoms with E-state index >= 15 is 0 Å². The SMILES string of the molecule is Br.CCCCCCCCN1C=CN(c2c(C)cc(C)cc2C)C1. The molecule has 0 bridgehead atoms. The average Bonchev–Trinajstić information content (AvgIpc) is 2.90. The van der Waals surface area contributed by atoms with Crippen LogP contribution in [0.5, 0.6) is 0 Å². The second-order valence-electron chi connectivity index (χ2n) is 6.74. The van der Waals surface area contributed by atoms with Gasteiger partial charge in [-0.2, -0.15) is 0 Å². The Kier molecular flexibility index (Phi) is 8.75. The van der Waals surface area contributed by atoms with Gasteiger partial charge in [0.25, 0.3) is 0 Å². The van der Waals surface area contributed by atoms with Crippen LogP contribution in [0.2, 0.25) is 0 Å². The Morgan fingerprint density at radius 2 is 1.48 bits per heavy atom.